The summed E-state index contributed by atoms with van der Waals surface area (Å²) in [6.07, 6.45) is 0.717. The van der Waals surface area contributed by atoms with Gasteiger partial charge in [0.05, 0.1) is 21.1 Å². The maximum Gasteiger partial charge on any atom is 0.267 e. The number of ether oxygens (including phenoxy) is 1. The quantitative estimate of drug-likeness (QED) is 0.361. The molecule has 2 aromatic carbocycles. The van der Waals surface area contributed by atoms with E-state index < -0.39 is 0 Å². The lowest BCUT2D eigenvalue weighted by Gasteiger charge is -2.12. The largest absolute Gasteiger partial charge is 0.496 e. The van der Waals surface area contributed by atoms with Crippen molar-refractivity contribution in [2.24, 2.45) is 0 Å². The molecule has 0 aliphatic rings. The molecule has 0 spiro atoms. The number of aryl methyl sites for hydroxylation is 1. The Balaban J connectivity index is 1.55. The summed E-state index contributed by atoms with van der Waals surface area (Å²) in [4.78, 5) is 13.0. The average Bonchev–Trinajstić information content (AvgIpc) is 3.25. The summed E-state index contributed by atoms with van der Waals surface area (Å²) in [6.45, 7) is 3.29. The lowest BCUT2D eigenvalue weighted by Crippen LogP contribution is -2.28. The number of carbonyl (C=O) groups is 1. The summed E-state index contributed by atoms with van der Waals surface area (Å²) in [5.41, 5.74) is 5.23. The molecule has 30 heavy (non-hydrogen) atoms. The minimum absolute atomic E-state index is 0.0583. The number of para-hydroxylation sites is 1. The van der Waals surface area contributed by atoms with Crippen LogP contribution in [0.3, 0.4) is 0 Å². The Morgan fingerprint density at radius 1 is 1.13 bits per heavy atom. The van der Waals surface area contributed by atoms with Crippen molar-refractivity contribution in [3.05, 3.63) is 86.8 Å². The van der Waals surface area contributed by atoms with Crippen LogP contribution in [-0.4, -0.2) is 24.1 Å². The van der Waals surface area contributed by atoms with Gasteiger partial charge in [-0.2, -0.15) is 0 Å². The van der Waals surface area contributed by atoms with E-state index in [1.807, 2.05) is 30.3 Å². The molecule has 0 aliphatic carbocycles. The van der Waals surface area contributed by atoms with Crippen molar-refractivity contribution in [2.45, 2.75) is 19.9 Å². The summed E-state index contributed by atoms with van der Waals surface area (Å²) in [6, 6.07) is 20.4. The number of hydrogen-bond donors (Lipinski definition) is 1. The molecular weight excluding hydrogens is 460 g/mol. The van der Waals surface area contributed by atoms with Gasteiger partial charge >= 0.3 is 0 Å². The van der Waals surface area contributed by atoms with Crippen molar-refractivity contribution in [3.63, 3.8) is 0 Å². The first-order chi connectivity index (χ1) is 14.5. The van der Waals surface area contributed by atoms with E-state index in [0.29, 0.717) is 25.2 Å². The maximum absolute atomic E-state index is 13.0. The predicted octanol–water partition coefficient (Wildman–Crippen LogP) is 5.80. The fourth-order valence-electron chi connectivity index (χ4n) is 3.67. The molecule has 6 heteroatoms. The SMILES string of the molecule is COc1ccccc1CCNC(=O)c1cc2sc(Br)cc2n1Cc1cccc(C)c1. The molecular formula is C24H23BrN2O2S. The van der Waals surface area contributed by atoms with Crippen molar-refractivity contribution >= 4 is 43.4 Å². The van der Waals surface area contributed by atoms with Gasteiger partial charge in [0.15, 0.2) is 0 Å². The Morgan fingerprint density at radius 3 is 2.77 bits per heavy atom. The van der Waals surface area contributed by atoms with Crippen LogP contribution < -0.4 is 10.1 Å². The zero-order valence-electron chi connectivity index (χ0n) is 16.9. The first-order valence-electron chi connectivity index (χ1n) is 9.79. The highest BCUT2D eigenvalue weighted by atomic mass is 79.9. The number of rotatable bonds is 7. The molecule has 0 radical (unpaired) electrons. The van der Waals surface area contributed by atoms with Crippen LogP contribution in [0.2, 0.25) is 0 Å². The summed E-state index contributed by atoms with van der Waals surface area (Å²) >= 11 is 5.21. The Labute approximate surface area is 188 Å². The van der Waals surface area contributed by atoms with Gasteiger partial charge in [-0.15, -0.1) is 11.3 Å². The zero-order chi connectivity index (χ0) is 21.1. The lowest BCUT2D eigenvalue weighted by molar-refractivity contribution is 0.0945. The van der Waals surface area contributed by atoms with Crippen molar-refractivity contribution in [1.82, 2.24) is 9.88 Å². The van der Waals surface area contributed by atoms with Gasteiger partial charge in [-0.1, -0.05) is 48.0 Å². The topological polar surface area (TPSA) is 43.3 Å². The molecule has 2 aromatic heterocycles. The molecule has 4 nitrogen and oxygen atoms in total. The summed E-state index contributed by atoms with van der Waals surface area (Å²) in [5, 5.41) is 3.08. The molecule has 0 aliphatic heterocycles. The molecule has 2 heterocycles. The molecule has 154 valence electrons. The molecule has 0 saturated heterocycles. The molecule has 0 saturated carbocycles. The van der Waals surface area contributed by atoms with E-state index in [1.54, 1.807) is 18.4 Å². The fourth-order valence-corrected chi connectivity index (χ4v) is 5.24. The number of aromatic nitrogens is 1. The Kier molecular flexibility index (Phi) is 6.25. The highest BCUT2D eigenvalue weighted by molar-refractivity contribution is 9.11. The molecule has 1 amide bonds. The summed E-state index contributed by atoms with van der Waals surface area (Å²) in [5.74, 6) is 0.789. The fraction of sp³-hybridized carbons (Fsp3) is 0.208. The van der Waals surface area contributed by atoms with E-state index in [0.717, 1.165) is 25.3 Å². The number of hydrogen-bond acceptors (Lipinski definition) is 3. The Bertz CT molecular complexity index is 1200. The third kappa shape index (κ3) is 4.45. The number of nitrogens with one attached hydrogen (secondary N) is 1. The van der Waals surface area contributed by atoms with Gasteiger partial charge in [-0.05, 0) is 58.6 Å². The molecule has 0 fully saturated rings. The second-order valence-electron chi connectivity index (χ2n) is 7.22. The van der Waals surface area contributed by atoms with Crippen molar-refractivity contribution in [2.75, 3.05) is 13.7 Å². The first kappa shape index (κ1) is 20.7. The first-order valence-corrected chi connectivity index (χ1v) is 11.4. The van der Waals surface area contributed by atoms with Crippen LogP contribution in [0.5, 0.6) is 5.75 Å². The predicted molar refractivity (Wildman–Crippen MR) is 127 cm³/mol. The highest BCUT2D eigenvalue weighted by Gasteiger charge is 2.18. The van der Waals surface area contributed by atoms with Gasteiger partial charge in [0.25, 0.3) is 5.91 Å². The average molecular weight is 483 g/mol. The second-order valence-corrected chi connectivity index (χ2v) is 9.69. The van der Waals surface area contributed by atoms with Crippen molar-refractivity contribution < 1.29 is 9.53 Å². The molecule has 0 atom stereocenters. The number of amides is 1. The van der Waals surface area contributed by atoms with E-state index in [1.165, 1.54) is 11.1 Å². The van der Waals surface area contributed by atoms with E-state index >= 15 is 0 Å². The monoisotopic (exact) mass is 482 g/mol. The Hall–Kier alpha value is -2.57. The third-order valence-corrected chi connectivity index (χ3v) is 6.66. The van der Waals surface area contributed by atoms with Crippen LogP contribution in [-0.2, 0) is 13.0 Å². The zero-order valence-corrected chi connectivity index (χ0v) is 19.3. The minimum Gasteiger partial charge on any atom is -0.496 e. The third-order valence-electron chi connectivity index (χ3n) is 5.09. The molecule has 0 unspecified atom stereocenters. The van der Waals surface area contributed by atoms with Gasteiger partial charge in [-0.3, -0.25) is 4.79 Å². The molecule has 4 aromatic rings. The Morgan fingerprint density at radius 2 is 1.97 bits per heavy atom. The summed E-state index contributed by atoms with van der Waals surface area (Å²) < 4.78 is 9.67. The molecule has 1 N–H and O–H groups in total. The van der Waals surface area contributed by atoms with E-state index in [-0.39, 0.29) is 5.91 Å². The molecule has 4 rings (SSSR count). The maximum atomic E-state index is 13.0. The smallest absolute Gasteiger partial charge is 0.267 e. The number of carbonyl (C=O) groups excluding carboxylic acids is 1. The van der Waals surface area contributed by atoms with Gasteiger partial charge < -0.3 is 14.6 Å². The van der Waals surface area contributed by atoms with E-state index in [4.69, 9.17) is 4.74 Å². The highest BCUT2D eigenvalue weighted by Crippen LogP contribution is 2.33. The van der Waals surface area contributed by atoms with Crippen molar-refractivity contribution in [3.8, 4) is 5.75 Å². The standard InChI is InChI=1S/C24H23BrN2O2S/c1-16-6-5-7-17(12-16)15-27-19-14-23(25)30-22(19)13-20(27)24(28)26-11-10-18-8-3-4-9-21(18)29-2/h3-9,12-14H,10-11,15H2,1-2H3,(H,26,28). The van der Waals surface area contributed by atoms with Gasteiger partial charge in [0.1, 0.15) is 11.4 Å². The number of benzene rings is 2. The normalized spacial score (nSPS) is 11.0. The lowest BCUT2D eigenvalue weighted by atomic mass is 10.1. The van der Waals surface area contributed by atoms with Gasteiger partial charge in [0.2, 0.25) is 0 Å². The van der Waals surface area contributed by atoms with Crippen LogP contribution in [0, 0.1) is 6.92 Å². The van der Waals surface area contributed by atoms with Crippen LogP contribution in [0.4, 0.5) is 0 Å². The number of halogens is 1. The van der Waals surface area contributed by atoms with Crippen molar-refractivity contribution in [1.29, 1.82) is 0 Å². The van der Waals surface area contributed by atoms with Crippen LogP contribution in [0.1, 0.15) is 27.2 Å². The van der Waals surface area contributed by atoms with Gasteiger partial charge in [-0.25, -0.2) is 0 Å². The number of thiophene rings is 1. The second kappa shape index (κ2) is 9.06. The minimum atomic E-state index is -0.0583. The number of fused-ring (bicyclic) bond motifs is 1. The van der Waals surface area contributed by atoms with Crippen LogP contribution in [0.15, 0.2) is 64.5 Å². The van der Waals surface area contributed by atoms with E-state index in [2.05, 4.69) is 63.1 Å². The van der Waals surface area contributed by atoms with Gasteiger partial charge in [0, 0.05) is 13.1 Å². The number of nitrogens with zero attached hydrogens (tertiary/aromatic N) is 1. The molecule has 0 bridgehead atoms. The van der Waals surface area contributed by atoms with E-state index in [9.17, 15) is 4.79 Å². The number of methoxy groups -OCH3 is 1. The summed E-state index contributed by atoms with van der Waals surface area (Å²) in [7, 11) is 1.67. The van der Waals surface area contributed by atoms with Crippen LogP contribution in [0.25, 0.3) is 10.2 Å². The van der Waals surface area contributed by atoms with Crippen LogP contribution >= 0.6 is 27.3 Å².